The van der Waals surface area contributed by atoms with Crippen LogP contribution in [-0.4, -0.2) is 48.5 Å². The molecule has 1 heterocycles. The first-order valence-corrected chi connectivity index (χ1v) is 10.1. The number of rotatable bonds is 8. The summed E-state index contributed by atoms with van der Waals surface area (Å²) in [7, 11) is 0. The molecule has 0 aromatic heterocycles. The Morgan fingerprint density at radius 3 is 2.72 bits per heavy atom. The van der Waals surface area contributed by atoms with Crippen LogP contribution in [0.1, 0.15) is 52.0 Å². The fourth-order valence-corrected chi connectivity index (χ4v) is 3.15. The second kappa shape index (κ2) is 8.97. The zero-order valence-electron chi connectivity index (χ0n) is 17.2. The van der Waals surface area contributed by atoms with Gasteiger partial charge in [0.1, 0.15) is 6.04 Å². The Morgan fingerprint density at radius 2 is 2.07 bits per heavy atom. The number of nitrogens with zero attached hydrogens (tertiary/aromatic N) is 2. The number of halogens is 2. The highest BCUT2D eigenvalue weighted by molar-refractivity contribution is 5.84. The van der Waals surface area contributed by atoms with Crippen molar-refractivity contribution in [3.05, 3.63) is 23.8 Å². The topological polar surface area (TPSA) is 63.2 Å². The van der Waals surface area contributed by atoms with E-state index in [1.54, 1.807) is 23.4 Å². The molecule has 0 radical (unpaired) electrons. The van der Waals surface area contributed by atoms with E-state index in [9.17, 15) is 13.6 Å². The molecule has 1 aromatic rings. The predicted molar refractivity (Wildman–Crippen MR) is 107 cm³/mol. The fraction of sp³-hybridized carbons (Fsp3) is 0.619. The Morgan fingerprint density at radius 1 is 1.31 bits per heavy atom. The van der Waals surface area contributed by atoms with Crippen LogP contribution in [0.3, 0.4) is 0 Å². The average molecular weight is 409 g/mol. The van der Waals surface area contributed by atoms with Gasteiger partial charge in [-0.05, 0) is 76.1 Å². The van der Waals surface area contributed by atoms with Crippen LogP contribution in [0.4, 0.5) is 8.78 Å². The van der Waals surface area contributed by atoms with Gasteiger partial charge in [0.2, 0.25) is 5.91 Å². The van der Waals surface area contributed by atoms with Gasteiger partial charge in [-0.25, -0.2) is 0 Å². The normalized spacial score (nSPS) is 19.8. The van der Waals surface area contributed by atoms with E-state index in [1.165, 1.54) is 6.07 Å². The van der Waals surface area contributed by atoms with E-state index in [4.69, 9.17) is 4.74 Å². The van der Waals surface area contributed by atoms with Crippen molar-refractivity contribution in [2.24, 2.45) is 11.0 Å². The lowest BCUT2D eigenvalue weighted by Gasteiger charge is -2.26. The molecule has 1 saturated carbocycles. The average Bonchev–Trinajstić information content (AvgIpc) is 3.33. The SMILES string of the molecule is CC(C)(C)NC(=O)[C@@H]1CCCN1/N=C/c1ccc(OC(F)F)c(OCC2CC2)c1. The molecule has 160 valence electrons. The van der Waals surface area contributed by atoms with Gasteiger partial charge in [0.15, 0.2) is 11.5 Å². The van der Waals surface area contributed by atoms with Crippen LogP contribution in [0.15, 0.2) is 23.3 Å². The van der Waals surface area contributed by atoms with Gasteiger partial charge in [-0.3, -0.25) is 9.80 Å². The maximum Gasteiger partial charge on any atom is 0.387 e. The molecule has 2 aliphatic rings. The van der Waals surface area contributed by atoms with Gasteiger partial charge in [-0.15, -0.1) is 0 Å². The van der Waals surface area contributed by atoms with Gasteiger partial charge >= 0.3 is 6.61 Å². The summed E-state index contributed by atoms with van der Waals surface area (Å²) in [6.45, 7) is 4.10. The first kappa shape index (κ1) is 21.3. The van der Waals surface area contributed by atoms with Gasteiger partial charge in [0.05, 0.1) is 12.8 Å². The number of nitrogens with one attached hydrogen (secondary N) is 1. The van der Waals surface area contributed by atoms with Crippen LogP contribution < -0.4 is 14.8 Å². The summed E-state index contributed by atoms with van der Waals surface area (Å²) >= 11 is 0. The zero-order valence-corrected chi connectivity index (χ0v) is 17.2. The predicted octanol–water partition coefficient (Wildman–Crippen LogP) is 3.79. The van der Waals surface area contributed by atoms with Crippen molar-refractivity contribution in [2.45, 2.75) is 64.6 Å². The number of ether oxygens (including phenoxy) is 2. The number of benzene rings is 1. The molecule has 6 nitrogen and oxygen atoms in total. The Bertz CT molecular complexity index is 745. The minimum absolute atomic E-state index is 0.0152. The van der Waals surface area contributed by atoms with Crippen LogP contribution in [0.25, 0.3) is 0 Å². The molecular formula is C21H29F2N3O3. The molecule has 3 rings (SSSR count). The van der Waals surface area contributed by atoms with Crippen molar-refractivity contribution >= 4 is 12.1 Å². The summed E-state index contributed by atoms with van der Waals surface area (Å²) in [5.41, 5.74) is 0.392. The number of alkyl halides is 2. The fourth-order valence-electron chi connectivity index (χ4n) is 3.15. The smallest absolute Gasteiger partial charge is 0.387 e. The molecule has 29 heavy (non-hydrogen) atoms. The number of carbonyl (C=O) groups excluding carboxylic acids is 1. The number of hydrogen-bond donors (Lipinski definition) is 1. The molecule has 2 fully saturated rings. The van der Waals surface area contributed by atoms with E-state index in [0.29, 0.717) is 24.6 Å². The summed E-state index contributed by atoms with van der Waals surface area (Å²) in [5.74, 6) is 0.741. The first-order valence-electron chi connectivity index (χ1n) is 10.1. The third kappa shape index (κ3) is 6.58. The summed E-state index contributed by atoms with van der Waals surface area (Å²) in [4.78, 5) is 12.5. The Kier molecular flexibility index (Phi) is 6.59. The molecule has 1 saturated heterocycles. The number of carbonyl (C=O) groups is 1. The van der Waals surface area contributed by atoms with Crippen LogP contribution in [0.5, 0.6) is 11.5 Å². The molecule has 0 unspecified atom stereocenters. The van der Waals surface area contributed by atoms with E-state index in [0.717, 1.165) is 25.7 Å². The number of amides is 1. The molecule has 0 spiro atoms. The van der Waals surface area contributed by atoms with Crippen molar-refractivity contribution in [2.75, 3.05) is 13.2 Å². The number of hydrogen-bond acceptors (Lipinski definition) is 5. The van der Waals surface area contributed by atoms with Crippen LogP contribution >= 0.6 is 0 Å². The van der Waals surface area contributed by atoms with Crippen LogP contribution in [0, 0.1) is 5.92 Å². The maximum absolute atomic E-state index is 12.7. The van der Waals surface area contributed by atoms with Gasteiger partial charge in [0.25, 0.3) is 0 Å². The van der Waals surface area contributed by atoms with E-state index in [-0.39, 0.29) is 29.0 Å². The van der Waals surface area contributed by atoms with E-state index in [2.05, 4.69) is 15.2 Å². The molecule has 1 aromatic carbocycles. The monoisotopic (exact) mass is 409 g/mol. The highest BCUT2D eigenvalue weighted by atomic mass is 19.3. The minimum Gasteiger partial charge on any atom is -0.489 e. The summed E-state index contributed by atoms with van der Waals surface area (Å²) in [6, 6.07) is 4.44. The zero-order chi connectivity index (χ0) is 21.0. The quantitative estimate of drug-likeness (QED) is 0.664. The van der Waals surface area contributed by atoms with Crippen molar-refractivity contribution in [3.8, 4) is 11.5 Å². The Hall–Kier alpha value is -2.38. The molecule has 1 atom stereocenters. The molecule has 1 N–H and O–H groups in total. The molecule has 0 bridgehead atoms. The van der Waals surface area contributed by atoms with Gasteiger partial charge in [-0.1, -0.05) is 0 Å². The lowest BCUT2D eigenvalue weighted by atomic mass is 10.1. The molecular weight excluding hydrogens is 380 g/mol. The van der Waals surface area contributed by atoms with Crippen molar-refractivity contribution in [1.82, 2.24) is 10.3 Å². The summed E-state index contributed by atoms with van der Waals surface area (Å²) < 4.78 is 35.6. The Balaban J connectivity index is 1.69. The Labute approximate surface area is 170 Å². The highest BCUT2D eigenvalue weighted by Gasteiger charge is 2.31. The van der Waals surface area contributed by atoms with E-state index in [1.807, 2.05) is 20.8 Å². The maximum atomic E-state index is 12.7. The lowest BCUT2D eigenvalue weighted by Crippen LogP contribution is -2.48. The van der Waals surface area contributed by atoms with Gasteiger partial charge < -0.3 is 14.8 Å². The number of hydrazone groups is 1. The van der Waals surface area contributed by atoms with Crippen molar-refractivity contribution < 1.29 is 23.0 Å². The van der Waals surface area contributed by atoms with E-state index < -0.39 is 6.61 Å². The third-order valence-electron chi connectivity index (χ3n) is 4.74. The van der Waals surface area contributed by atoms with Gasteiger partial charge in [0, 0.05) is 12.1 Å². The molecule has 1 aliphatic carbocycles. The standard InChI is InChI=1S/C21H29F2N3O3/c1-21(2,3)25-19(27)16-5-4-10-26(16)24-12-15-8-9-17(29-20(22)23)18(11-15)28-13-14-6-7-14/h8-9,11-12,14,16,20H,4-7,10,13H2,1-3H3,(H,25,27)/b24-12+/t16-/m0/s1. The van der Waals surface area contributed by atoms with Crippen LogP contribution in [-0.2, 0) is 4.79 Å². The molecule has 1 amide bonds. The van der Waals surface area contributed by atoms with Crippen molar-refractivity contribution in [3.63, 3.8) is 0 Å². The second-order valence-electron chi connectivity index (χ2n) is 8.64. The highest BCUT2D eigenvalue weighted by Crippen LogP contribution is 2.34. The lowest BCUT2D eigenvalue weighted by molar-refractivity contribution is -0.126. The third-order valence-corrected chi connectivity index (χ3v) is 4.74. The molecule has 8 heteroatoms. The second-order valence-corrected chi connectivity index (χ2v) is 8.64. The largest absolute Gasteiger partial charge is 0.489 e. The van der Waals surface area contributed by atoms with Gasteiger partial charge in [-0.2, -0.15) is 13.9 Å². The van der Waals surface area contributed by atoms with Crippen LogP contribution in [0.2, 0.25) is 0 Å². The summed E-state index contributed by atoms with van der Waals surface area (Å²) in [6.07, 6.45) is 5.45. The van der Waals surface area contributed by atoms with Crippen molar-refractivity contribution in [1.29, 1.82) is 0 Å². The first-order chi connectivity index (χ1) is 13.7. The summed E-state index contributed by atoms with van der Waals surface area (Å²) in [5, 5.41) is 9.24. The molecule has 1 aliphatic heterocycles. The van der Waals surface area contributed by atoms with E-state index >= 15 is 0 Å². The minimum atomic E-state index is -2.91.